The summed E-state index contributed by atoms with van der Waals surface area (Å²) in [5.41, 5.74) is 3.23. The number of halogens is 2. The van der Waals surface area contributed by atoms with E-state index in [1.807, 2.05) is 61.7 Å². The van der Waals surface area contributed by atoms with Crippen molar-refractivity contribution in [2.45, 2.75) is 26.6 Å². The Morgan fingerprint density at radius 3 is 2.50 bits per heavy atom. The van der Waals surface area contributed by atoms with Crippen LogP contribution in [0.5, 0.6) is 11.5 Å². The molecule has 0 saturated heterocycles. The molecule has 3 rings (SSSR count). The van der Waals surface area contributed by atoms with E-state index in [2.05, 4.69) is 16.4 Å². The molecule has 0 bridgehead atoms. The SMILES string of the molecule is CCOc1cc(CNCc2cccnc2)ccc1OCc1ccccc1Cl.Cl. The number of hydrogen-bond donors (Lipinski definition) is 1. The Morgan fingerprint density at radius 2 is 1.75 bits per heavy atom. The minimum absolute atomic E-state index is 0. The second-order valence-electron chi connectivity index (χ2n) is 6.06. The monoisotopic (exact) mass is 418 g/mol. The van der Waals surface area contributed by atoms with Crippen molar-refractivity contribution in [1.82, 2.24) is 10.3 Å². The molecular formula is C22H24Cl2N2O2. The third kappa shape index (κ3) is 6.41. The van der Waals surface area contributed by atoms with E-state index in [-0.39, 0.29) is 12.4 Å². The molecule has 1 N–H and O–H groups in total. The van der Waals surface area contributed by atoms with Crippen molar-refractivity contribution >= 4 is 24.0 Å². The molecule has 0 atom stereocenters. The lowest BCUT2D eigenvalue weighted by molar-refractivity contribution is 0.269. The molecule has 4 nitrogen and oxygen atoms in total. The molecule has 2 aromatic carbocycles. The maximum atomic E-state index is 6.20. The van der Waals surface area contributed by atoms with Crippen LogP contribution >= 0.6 is 24.0 Å². The Labute approximate surface area is 177 Å². The van der Waals surface area contributed by atoms with E-state index in [9.17, 15) is 0 Å². The number of pyridine rings is 1. The molecule has 0 unspecified atom stereocenters. The van der Waals surface area contributed by atoms with Gasteiger partial charge in [0.15, 0.2) is 11.5 Å². The number of benzene rings is 2. The van der Waals surface area contributed by atoms with Crippen LogP contribution in [0, 0.1) is 0 Å². The quantitative estimate of drug-likeness (QED) is 0.503. The lowest BCUT2D eigenvalue weighted by Crippen LogP contribution is -2.13. The summed E-state index contributed by atoms with van der Waals surface area (Å²) in [5, 5.41) is 4.12. The van der Waals surface area contributed by atoms with E-state index in [4.69, 9.17) is 21.1 Å². The molecule has 3 aromatic rings. The van der Waals surface area contributed by atoms with Gasteiger partial charge in [-0.15, -0.1) is 12.4 Å². The number of nitrogens with one attached hydrogen (secondary N) is 1. The van der Waals surface area contributed by atoms with Gasteiger partial charge in [-0.25, -0.2) is 0 Å². The summed E-state index contributed by atoms with van der Waals surface area (Å²) in [4.78, 5) is 4.13. The van der Waals surface area contributed by atoms with Crippen molar-refractivity contribution < 1.29 is 9.47 Å². The van der Waals surface area contributed by atoms with Crippen molar-refractivity contribution in [1.29, 1.82) is 0 Å². The van der Waals surface area contributed by atoms with Crippen molar-refractivity contribution in [3.63, 3.8) is 0 Å². The highest BCUT2D eigenvalue weighted by atomic mass is 35.5. The first-order valence-electron chi connectivity index (χ1n) is 8.98. The first kappa shape index (κ1) is 22.0. The molecule has 28 heavy (non-hydrogen) atoms. The normalized spacial score (nSPS) is 10.2. The summed E-state index contributed by atoms with van der Waals surface area (Å²) in [7, 11) is 0. The first-order valence-corrected chi connectivity index (χ1v) is 9.35. The second-order valence-corrected chi connectivity index (χ2v) is 6.47. The predicted molar refractivity (Wildman–Crippen MR) is 115 cm³/mol. The maximum absolute atomic E-state index is 6.20. The molecule has 0 amide bonds. The largest absolute Gasteiger partial charge is 0.490 e. The molecule has 148 valence electrons. The summed E-state index contributed by atoms with van der Waals surface area (Å²) >= 11 is 6.20. The van der Waals surface area contributed by atoms with Gasteiger partial charge in [0.25, 0.3) is 0 Å². The molecule has 6 heteroatoms. The number of ether oxygens (including phenoxy) is 2. The molecule has 0 aliphatic carbocycles. The average molecular weight is 419 g/mol. The highest BCUT2D eigenvalue weighted by Gasteiger charge is 2.08. The smallest absolute Gasteiger partial charge is 0.161 e. The van der Waals surface area contributed by atoms with Crippen LogP contribution in [0.2, 0.25) is 5.02 Å². The minimum Gasteiger partial charge on any atom is -0.490 e. The second kappa shape index (κ2) is 11.5. The number of nitrogens with zero attached hydrogens (tertiary/aromatic N) is 1. The highest BCUT2D eigenvalue weighted by Crippen LogP contribution is 2.30. The summed E-state index contributed by atoms with van der Waals surface area (Å²) in [6.45, 7) is 4.45. The maximum Gasteiger partial charge on any atom is 0.161 e. The molecule has 0 saturated carbocycles. The minimum atomic E-state index is 0. The van der Waals surface area contributed by atoms with Crippen molar-refractivity contribution in [2.75, 3.05) is 6.61 Å². The fraction of sp³-hybridized carbons (Fsp3) is 0.227. The molecule has 0 spiro atoms. The van der Waals surface area contributed by atoms with Crippen LogP contribution in [0.15, 0.2) is 67.0 Å². The zero-order chi connectivity index (χ0) is 18.9. The van der Waals surface area contributed by atoms with Crippen LogP contribution in [0.25, 0.3) is 0 Å². The average Bonchev–Trinajstić information content (AvgIpc) is 2.69. The molecule has 0 aliphatic heterocycles. The van der Waals surface area contributed by atoms with E-state index >= 15 is 0 Å². The molecule has 0 aliphatic rings. The lowest BCUT2D eigenvalue weighted by atomic mass is 10.2. The van der Waals surface area contributed by atoms with Gasteiger partial charge in [0, 0.05) is 36.1 Å². The zero-order valence-corrected chi connectivity index (χ0v) is 17.3. The van der Waals surface area contributed by atoms with E-state index < -0.39 is 0 Å². The van der Waals surface area contributed by atoms with Crippen LogP contribution in [-0.2, 0) is 19.7 Å². The summed E-state index contributed by atoms with van der Waals surface area (Å²) in [6.07, 6.45) is 3.64. The van der Waals surface area contributed by atoms with Crippen molar-refractivity contribution in [2.24, 2.45) is 0 Å². The Morgan fingerprint density at radius 1 is 0.929 bits per heavy atom. The van der Waals surface area contributed by atoms with Crippen molar-refractivity contribution in [3.8, 4) is 11.5 Å². The van der Waals surface area contributed by atoms with E-state index in [1.165, 1.54) is 0 Å². The molecule has 1 heterocycles. The van der Waals surface area contributed by atoms with Crippen LogP contribution < -0.4 is 14.8 Å². The molecule has 0 radical (unpaired) electrons. The van der Waals surface area contributed by atoms with E-state index in [1.54, 1.807) is 6.20 Å². The molecular weight excluding hydrogens is 395 g/mol. The Kier molecular flexibility index (Phi) is 9.08. The van der Waals surface area contributed by atoms with E-state index in [0.717, 1.165) is 35.5 Å². The topological polar surface area (TPSA) is 43.4 Å². The van der Waals surface area contributed by atoms with Crippen LogP contribution in [0.3, 0.4) is 0 Å². The van der Waals surface area contributed by atoms with Gasteiger partial charge in [-0.05, 0) is 42.3 Å². The van der Waals surface area contributed by atoms with Gasteiger partial charge in [0.05, 0.1) is 6.61 Å². The van der Waals surface area contributed by atoms with Gasteiger partial charge in [0.1, 0.15) is 6.61 Å². The van der Waals surface area contributed by atoms with Gasteiger partial charge < -0.3 is 14.8 Å². The van der Waals surface area contributed by atoms with Gasteiger partial charge in [-0.2, -0.15) is 0 Å². The van der Waals surface area contributed by atoms with Crippen LogP contribution in [0.4, 0.5) is 0 Å². The number of aromatic nitrogens is 1. The predicted octanol–water partition coefficient (Wildman–Crippen LogP) is 5.42. The van der Waals surface area contributed by atoms with Gasteiger partial charge >= 0.3 is 0 Å². The Balaban J connectivity index is 0.00000280. The Bertz CT molecular complexity index is 860. The number of rotatable bonds is 9. The third-order valence-electron chi connectivity index (χ3n) is 4.03. The molecule has 0 fully saturated rings. The van der Waals surface area contributed by atoms with Crippen LogP contribution in [-0.4, -0.2) is 11.6 Å². The first-order chi connectivity index (χ1) is 13.3. The summed E-state index contributed by atoms with van der Waals surface area (Å²) in [5.74, 6) is 1.46. The fourth-order valence-electron chi connectivity index (χ4n) is 2.67. The fourth-order valence-corrected chi connectivity index (χ4v) is 2.87. The standard InChI is InChI=1S/C22H23ClN2O2.ClH/c1-2-26-22-12-17(13-25-15-18-6-5-11-24-14-18)9-10-21(22)27-16-19-7-3-4-8-20(19)23;/h3-12,14,25H,2,13,15-16H2,1H3;1H. The Hall–Kier alpha value is -2.27. The third-order valence-corrected chi connectivity index (χ3v) is 4.40. The molecule has 1 aromatic heterocycles. The summed E-state index contributed by atoms with van der Waals surface area (Å²) < 4.78 is 11.7. The highest BCUT2D eigenvalue weighted by molar-refractivity contribution is 6.31. The van der Waals surface area contributed by atoms with Crippen LogP contribution in [0.1, 0.15) is 23.6 Å². The van der Waals surface area contributed by atoms with E-state index in [0.29, 0.717) is 24.0 Å². The van der Waals surface area contributed by atoms with Gasteiger partial charge in [-0.3, -0.25) is 4.98 Å². The zero-order valence-electron chi connectivity index (χ0n) is 15.7. The van der Waals surface area contributed by atoms with Crippen molar-refractivity contribution in [3.05, 3.63) is 88.7 Å². The van der Waals surface area contributed by atoms with Gasteiger partial charge in [-0.1, -0.05) is 41.9 Å². The van der Waals surface area contributed by atoms with Gasteiger partial charge in [0.2, 0.25) is 0 Å². The number of hydrogen-bond acceptors (Lipinski definition) is 4. The lowest BCUT2D eigenvalue weighted by Gasteiger charge is -2.14. The summed E-state index contributed by atoms with van der Waals surface area (Å²) in [6, 6.07) is 17.7.